The average molecular weight is 362 g/mol. The van der Waals surface area contributed by atoms with Crippen molar-refractivity contribution in [2.75, 3.05) is 0 Å². The molecule has 0 amide bonds. The van der Waals surface area contributed by atoms with Crippen LogP contribution in [-0.4, -0.2) is 25.4 Å². The number of nitrogens with zero attached hydrogens (tertiary/aromatic N) is 3. The van der Waals surface area contributed by atoms with Crippen molar-refractivity contribution in [3.8, 4) is 11.3 Å². The lowest BCUT2D eigenvalue weighted by atomic mass is 9.99. The van der Waals surface area contributed by atoms with Gasteiger partial charge in [0.1, 0.15) is 5.56 Å². The fraction of sp³-hybridized carbons (Fsp3) is 0.300. The number of carbonyl (C=O) groups is 1. The van der Waals surface area contributed by atoms with E-state index in [0.29, 0.717) is 12.5 Å². The molecular formula is C20H18N4O3. The molecule has 4 heterocycles. The van der Waals surface area contributed by atoms with Gasteiger partial charge in [-0.3, -0.25) is 14.2 Å². The molecule has 0 spiro atoms. The standard InChI is InChI=1S/C20H18N4O3/c1-10-12(15-9-22-16-7-21-8-17(16)23-15)4-5-24-18(10)13(11-2-3-11)6-14(19(24)25)20(26)27/h4-6,9,11,21H,2-3,7-8H2,1H3,(H,26,27). The lowest BCUT2D eigenvalue weighted by Gasteiger charge is -2.15. The second kappa shape index (κ2) is 5.72. The van der Waals surface area contributed by atoms with E-state index in [-0.39, 0.29) is 5.56 Å². The molecule has 1 saturated carbocycles. The highest BCUT2D eigenvalue weighted by molar-refractivity contribution is 5.89. The molecule has 1 aliphatic heterocycles. The zero-order chi connectivity index (χ0) is 18.7. The summed E-state index contributed by atoms with van der Waals surface area (Å²) >= 11 is 0. The molecule has 1 aliphatic carbocycles. The number of carboxylic acids is 1. The zero-order valence-corrected chi connectivity index (χ0v) is 14.8. The van der Waals surface area contributed by atoms with Crippen molar-refractivity contribution in [1.82, 2.24) is 19.7 Å². The van der Waals surface area contributed by atoms with E-state index < -0.39 is 11.5 Å². The number of aromatic nitrogens is 3. The van der Waals surface area contributed by atoms with Crippen LogP contribution in [0.5, 0.6) is 0 Å². The highest BCUT2D eigenvalue weighted by Crippen LogP contribution is 2.43. The third-order valence-electron chi connectivity index (χ3n) is 5.45. The van der Waals surface area contributed by atoms with Gasteiger partial charge in [0.05, 0.1) is 28.8 Å². The minimum absolute atomic E-state index is 0.176. The number of hydrogen-bond acceptors (Lipinski definition) is 5. The molecule has 2 aliphatic rings. The van der Waals surface area contributed by atoms with E-state index >= 15 is 0 Å². The van der Waals surface area contributed by atoms with Crippen molar-refractivity contribution in [2.24, 2.45) is 0 Å². The number of fused-ring (bicyclic) bond motifs is 2. The highest BCUT2D eigenvalue weighted by Gasteiger charge is 2.29. The summed E-state index contributed by atoms with van der Waals surface area (Å²) in [6.45, 7) is 3.40. The first-order chi connectivity index (χ1) is 13.0. The van der Waals surface area contributed by atoms with Gasteiger partial charge in [-0.1, -0.05) is 0 Å². The Morgan fingerprint density at radius 3 is 2.81 bits per heavy atom. The Labute approximate surface area is 154 Å². The zero-order valence-electron chi connectivity index (χ0n) is 14.8. The Balaban J connectivity index is 1.78. The predicted octanol–water partition coefficient (Wildman–Crippen LogP) is 2.24. The van der Waals surface area contributed by atoms with Gasteiger partial charge in [0.2, 0.25) is 0 Å². The number of rotatable bonds is 3. The lowest BCUT2D eigenvalue weighted by molar-refractivity contribution is 0.0694. The van der Waals surface area contributed by atoms with Crippen molar-refractivity contribution >= 4 is 11.5 Å². The first-order valence-corrected chi connectivity index (χ1v) is 9.02. The molecule has 27 heavy (non-hydrogen) atoms. The van der Waals surface area contributed by atoms with Gasteiger partial charge in [-0.15, -0.1) is 0 Å². The van der Waals surface area contributed by atoms with Crippen molar-refractivity contribution in [1.29, 1.82) is 0 Å². The minimum atomic E-state index is -1.19. The van der Waals surface area contributed by atoms with E-state index in [1.165, 1.54) is 4.40 Å². The Morgan fingerprint density at radius 1 is 1.30 bits per heavy atom. The second-order valence-electron chi connectivity index (χ2n) is 7.22. The second-order valence-corrected chi connectivity index (χ2v) is 7.22. The highest BCUT2D eigenvalue weighted by atomic mass is 16.4. The Hall–Kier alpha value is -3.06. The molecule has 0 unspecified atom stereocenters. The molecule has 3 aromatic heterocycles. The van der Waals surface area contributed by atoms with Crippen molar-refractivity contribution in [3.63, 3.8) is 0 Å². The van der Waals surface area contributed by atoms with E-state index in [2.05, 4.69) is 10.3 Å². The average Bonchev–Trinajstić information content (AvgIpc) is 3.39. The molecule has 0 saturated heterocycles. The molecular weight excluding hydrogens is 344 g/mol. The summed E-state index contributed by atoms with van der Waals surface area (Å²) in [5.41, 5.74) is 5.59. The topological polar surface area (TPSA) is 96.6 Å². The first kappa shape index (κ1) is 16.1. The fourth-order valence-corrected chi connectivity index (χ4v) is 3.90. The monoisotopic (exact) mass is 362 g/mol. The van der Waals surface area contributed by atoms with Crippen LogP contribution in [0.25, 0.3) is 16.8 Å². The van der Waals surface area contributed by atoms with Crippen molar-refractivity contribution in [3.05, 3.63) is 63.0 Å². The van der Waals surface area contributed by atoms with Crippen molar-refractivity contribution in [2.45, 2.75) is 38.8 Å². The van der Waals surface area contributed by atoms with Gasteiger partial charge >= 0.3 is 5.97 Å². The first-order valence-electron chi connectivity index (χ1n) is 9.02. The van der Waals surface area contributed by atoms with Crippen LogP contribution in [0.3, 0.4) is 0 Å². The maximum atomic E-state index is 12.7. The molecule has 0 aromatic carbocycles. The summed E-state index contributed by atoms with van der Waals surface area (Å²) in [4.78, 5) is 33.4. The summed E-state index contributed by atoms with van der Waals surface area (Å²) in [5.74, 6) is -0.877. The summed E-state index contributed by atoms with van der Waals surface area (Å²) in [6.07, 6.45) is 5.46. The largest absolute Gasteiger partial charge is 0.477 e. The number of aryl methyl sites for hydroxylation is 1. The SMILES string of the molecule is Cc1c(-c2cnc3c(n2)CNC3)ccn2c(=O)c(C(=O)O)cc(C3CC3)c12. The van der Waals surface area contributed by atoms with E-state index in [1.54, 1.807) is 18.5 Å². The summed E-state index contributed by atoms with van der Waals surface area (Å²) in [5, 5.41) is 12.6. The van der Waals surface area contributed by atoms with Crippen LogP contribution in [0.15, 0.2) is 29.3 Å². The maximum Gasteiger partial charge on any atom is 0.341 e. The Morgan fingerprint density at radius 2 is 2.07 bits per heavy atom. The smallest absolute Gasteiger partial charge is 0.341 e. The summed E-state index contributed by atoms with van der Waals surface area (Å²) < 4.78 is 1.47. The van der Waals surface area contributed by atoms with Gasteiger partial charge in [0, 0.05) is 24.8 Å². The third kappa shape index (κ3) is 2.46. The molecule has 1 fully saturated rings. The van der Waals surface area contributed by atoms with Crippen LogP contribution >= 0.6 is 0 Å². The van der Waals surface area contributed by atoms with Crippen LogP contribution in [0.4, 0.5) is 0 Å². The van der Waals surface area contributed by atoms with Gasteiger partial charge in [-0.2, -0.15) is 0 Å². The number of carboxylic acid groups (broad SMARTS) is 1. The Kier molecular flexibility index (Phi) is 3.42. The molecule has 7 heteroatoms. The Bertz CT molecular complexity index is 1180. The molecule has 0 radical (unpaired) electrons. The molecule has 136 valence electrons. The van der Waals surface area contributed by atoms with Gasteiger partial charge in [-0.05, 0) is 48.9 Å². The molecule has 3 aromatic rings. The lowest BCUT2D eigenvalue weighted by Crippen LogP contribution is -2.23. The van der Waals surface area contributed by atoms with Crippen LogP contribution in [0.2, 0.25) is 0 Å². The van der Waals surface area contributed by atoms with Crippen LogP contribution < -0.4 is 10.9 Å². The van der Waals surface area contributed by atoms with E-state index in [0.717, 1.165) is 58.7 Å². The number of aromatic carboxylic acids is 1. The maximum absolute atomic E-state index is 12.7. The molecule has 2 N–H and O–H groups in total. The van der Waals surface area contributed by atoms with Crippen LogP contribution in [-0.2, 0) is 13.1 Å². The van der Waals surface area contributed by atoms with Crippen molar-refractivity contribution < 1.29 is 9.90 Å². The van der Waals surface area contributed by atoms with E-state index in [1.807, 2.05) is 13.0 Å². The van der Waals surface area contributed by atoms with Gasteiger partial charge in [0.15, 0.2) is 0 Å². The van der Waals surface area contributed by atoms with Crippen LogP contribution in [0, 0.1) is 6.92 Å². The van der Waals surface area contributed by atoms with Gasteiger partial charge < -0.3 is 10.4 Å². The quantitative estimate of drug-likeness (QED) is 0.742. The minimum Gasteiger partial charge on any atom is -0.477 e. The van der Waals surface area contributed by atoms with Gasteiger partial charge in [0.25, 0.3) is 5.56 Å². The summed E-state index contributed by atoms with van der Waals surface area (Å²) in [7, 11) is 0. The predicted molar refractivity (Wildman–Crippen MR) is 98.9 cm³/mol. The number of hydrogen-bond donors (Lipinski definition) is 2. The van der Waals surface area contributed by atoms with Crippen LogP contribution in [0.1, 0.15) is 51.6 Å². The van der Waals surface area contributed by atoms with E-state index in [9.17, 15) is 14.7 Å². The normalized spacial score (nSPS) is 15.9. The number of pyridine rings is 2. The number of nitrogens with one attached hydrogen (secondary N) is 1. The van der Waals surface area contributed by atoms with Gasteiger partial charge in [-0.25, -0.2) is 9.78 Å². The summed E-state index contributed by atoms with van der Waals surface area (Å²) in [6, 6.07) is 3.39. The van der Waals surface area contributed by atoms with E-state index in [4.69, 9.17) is 4.98 Å². The molecule has 5 rings (SSSR count). The molecule has 7 nitrogen and oxygen atoms in total. The molecule has 0 bridgehead atoms. The fourth-order valence-electron chi connectivity index (χ4n) is 3.90. The molecule has 0 atom stereocenters. The third-order valence-corrected chi connectivity index (χ3v) is 5.45.